The zero-order chi connectivity index (χ0) is 13.8. The minimum absolute atomic E-state index is 0. The minimum Gasteiger partial charge on any atom is -0.336 e. The molecule has 0 spiro atoms. The highest BCUT2D eigenvalue weighted by Gasteiger charge is 2.21. The Bertz CT molecular complexity index is 496. The number of hydrogen-bond donors (Lipinski definition) is 1. The molecule has 4 nitrogen and oxygen atoms in total. The molecule has 0 aliphatic carbocycles. The summed E-state index contributed by atoms with van der Waals surface area (Å²) in [4.78, 5) is 14.3. The molecule has 1 heterocycles. The van der Waals surface area contributed by atoms with E-state index in [1.807, 2.05) is 29.2 Å². The quantitative estimate of drug-likeness (QED) is 0.917. The molecule has 2 atom stereocenters. The first-order chi connectivity index (χ1) is 9.06. The van der Waals surface area contributed by atoms with Crippen LogP contribution in [0.1, 0.15) is 22.8 Å². The van der Waals surface area contributed by atoms with Crippen molar-refractivity contribution >= 4 is 29.1 Å². The first kappa shape index (κ1) is 17.1. The molecule has 1 aromatic rings. The second-order valence-corrected chi connectivity index (χ2v) is 6.46. The van der Waals surface area contributed by atoms with Crippen LogP contribution in [0, 0.1) is 0 Å². The molecule has 1 saturated heterocycles. The lowest BCUT2D eigenvalue weighted by Gasteiger charge is -2.32. The van der Waals surface area contributed by atoms with Crippen LogP contribution < -0.4 is 5.32 Å². The van der Waals surface area contributed by atoms with Gasteiger partial charge in [-0.05, 0) is 24.6 Å². The van der Waals surface area contributed by atoms with Gasteiger partial charge >= 0.3 is 0 Å². The predicted molar refractivity (Wildman–Crippen MR) is 84.8 cm³/mol. The van der Waals surface area contributed by atoms with Crippen LogP contribution in [0.5, 0.6) is 0 Å². The third-order valence-electron chi connectivity index (χ3n) is 3.20. The molecule has 0 aromatic heterocycles. The van der Waals surface area contributed by atoms with E-state index in [1.165, 1.54) is 0 Å². The second-order valence-electron chi connectivity index (χ2n) is 5.02. The Morgan fingerprint density at radius 1 is 1.50 bits per heavy atom. The van der Waals surface area contributed by atoms with Gasteiger partial charge in [0.15, 0.2) is 0 Å². The van der Waals surface area contributed by atoms with E-state index in [4.69, 9.17) is 0 Å². The van der Waals surface area contributed by atoms with Crippen LogP contribution in [-0.2, 0) is 16.6 Å². The number of carbonyl (C=O) groups is 1. The summed E-state index contributed by atoms with van der Waals surface area (Å²) in [5.74, 6) is 0.566. The fourth-order valence-corrected chi connectivity index (χ4v) is 2.98. The first-order valence-electron chi connectivity index (χ1n) is 6.48. The van der Waals surface area contributed by atoms with E-state index in [-0.39, 0.29) is 18.3 Å². The Hall–Kier alpha value is -0.910. The van der Waals surface area contributed by atoms with Crippen molar-refractivity contribution in [2.45, 2.75) is 18.7 Å². The summed E-state index contributed by atoms with van der Waals surface area (Å²) >= 11 is 0. The Morgan fingerprint density at radius 3 is 2.90 bits per heavy atom. The number of benzene rings is 1. The summed E-state index contributed by atoms with van der Waals surface area (Å²) in [5.41, 5.74) is 1.65. The number of halogens is 1. The van der Waals surface area contributed by atoms with Gasteiger partial charge in [-0.3, -0.25) is 9.00 Å². The third-order valence-corrected chi connectivity index (χ3v) is 3.94. The molecule has 2 unspecified atom stereocenters. The van der Waals surface area contributed by atoms with E-state index in [0.717, 1.165) is 25.2 Å². The highest BCUT2D eigenvalue weighted by Crippen LogP contribution is 2.11. The van der Waals surface area contributed by atoms with Gasteiger partial charge < -0.3 is 10.2 Å². The lowest BCUT2D eigenvalue weighted by molar-refractivity contribution is 0.0709. The molecule has 1 aliphatic heterocycles. The number of rotatable bonds is 3. The number of amides is 1. The molecule has 1 aliphatic rings. The van der Waals surface area contributed by atoms with Crippen molar-refractivity contribution in [3.63, 3.8) is 0 Å². The van der Waals surface area contributed by atoms with Crippen LogP contribution >= 0.6 is 12.4 Å². The van der Waals surface area contributed by atoms with Crippen molar-refractivity contribution in [2.75, 3.05) is 25.9 Å². The molecule has 112 valence electrons. The van der Waals surface area contributed by atoms with Gasteiger partial charge in [-0.2, -0.15) is 0 Å². The molecule has 6 heteroatoms. The maximum absolute atomic E-state index is 12.4. The summed E-state index contributed by atoms with van der Waals surface area (Å²) in [6.07, 6.45) is 1.67. The van der Waals surface area contributed by atoms with E-state index in [0.29, 0.717) is 17.4 Å². The van der Waals surface area contributed by atoms with Gasteiger partial charge in [0.2, 0.25) is 0 Å². The highest BCUT2D eigenvalue weighted by molar-refractivity contribution is 7.83. The van der Waals surface area contributed by atoms with E-state index in [1.54, 1.807) is 6.26 Å². The average molecular weight is 317 g/mol. The van der Waals surface area contributed by atoms with Crippen molar-refractivity contribution in [3.8, 4) is 0 Å². The van der Waals surface area contributed by atoms with Crippen LogP contribution in [0.15, 0.2) is 24.3 Å². The zero-order valence-electron chi connectivity index (χ0n) is 11.8. The molecule has 20 heavy (non-hydrogen) atoms. The maximum Gasteiger partial charge on any atom is 0.253 e. The Morgan fingerprint density at radius 2 is 2.25 bits per heavy atom. The Balaban J connectivity index is 0.00000200. The Kier molecular flexibility index (Phi) is 6.65. The molecular formula is C14H21ClN2O2S. The van der Waals surface area contributed by atoms with Crippen LogP contribution in [0.25, 0.3) is 0 Å². The van der Waals surface area contributed by atoms with Gasteiger partial charge in [0.25, 0.3) is 5.91 Å². The van der Waals surface area contributed by atoms with Crippen molar-refractivity contribution < 1.29 is 9.00 Å². The van der Waals surface area contributed by atoms with E-state index in [9.17, 15) is 9.00 Å². The summed E-state index contributed by atoms with van der Waals surface area (Å²) in [6.45, 7) is 4.40. The van der Waals surface area contributed by atoms with Gasteiger partial charge in [-0.25, -0.2) is 0 Å². The smallest absolute Gasteiger partial charge is 0.253 e. The largest absolute Gasteiger partial charge is 0.336 e. The van der Waals surface area contributed by atoms with E-state index in [2.05, 4.69) is 12.2 Å². The Labute approximate surface area is 128 Å². The molecule has 1 fully saturated rings. The number of carbonyl (C=O) groups excluding carboxylic acids is 1. The molecule has 1 amide bonds. The second kappa shape index (κ2) is 7.76. The van der Waals surface area contributed by atoms with Gasteiger partial charge in [0, 0.05) is 54.0 Å². The maximum atomic E-state index is 12.4. The highest BCUT2D eigenvalue weighted by atomic mass is 35.5. The summed E-state index contributed by atoms with van der Waals surface area (Å²) in [6, 6.07) is 7.80. The van der Waals surface area contributed by atoms with Crippen molar-refractivity contribution in [1.82, 2.24) is 10.2 Å². The molecule has 1 N–H and O–H groups in total. The molecule has 1 aromatic carbocycles. The molecular weight excluding hydrogens is 296 g/mol. The van der Waals surface area contributed by atoms with Crippen molar-refractivity contribution in [2.24, 2.45) is 0 Å². The predicted octanol–water partition coefficient (Wildman–Crippen LogP) is 1.42. The summed E-state index contributed by atoms with van der Waals surface area (Å²) < 4.78 is 11.2. The fourth-order valence-electron chi connectivity index (χ4n) is 2.33. The number of nitrogens with one attached hydrogen (secondary N) is 1. The number of hydrogen-bond acceptors (Lipinski definition) is 3. The van der Waals surface area contributed by atoms with Crippen LogP contribution in [-0.4, -0.2) is 46.9 Å². The summed E-state index contributed by atoms with van der Waals surface area (Å²) in [5, 5.41) is 3.32. The normalized spacial score (nSPS) is 20.1. The fraction of sp³-hybridized carbons (Fsp3) is 0.500. The lowest BCUT2D eigenvalue weighted by Crippen LogP contribution is -2.51. The first-order valence-corrected chi connectivity index (χ1v) is 8.20. The average Bonchev–Trinajstić information content (AvgIpc) is 2.37. The molecule has 0 saturated carbocycles. The van der Waals surface area contributed by atoms with Gasteiger partial charge in [-0.1, -0.05) is 12.1 Å². The minimum atomic E-state index is -0.883. The van der Waals surface area contributed by atoms with Crippen LogP contribution in [0.2, 0.25) is 0 Å². The van der Waals surface area contributed by atoms with Crippen molar-refractivity contribution in [3.05, 3.63) is 35.4 Å². The third kappa shape index (κ3) is 4.58. The van der Waals surface area contributed by atoms with Gasteiger partial charge in [0.05, 0.1) is 0 Å². The molecule has 0 radical (unpaired) electrons. The van der Waals surface area contributed by atoms with Crippen LogP contribution in [0.4, 0.5) is 0 Å². The topological polar surface area (TPSA) is 49.4 Å². The van der Waals surface area contributed by atoms with Crippen molar-refractivity contribution in [1.29, 1.82) is 0 Å². The monoisotopic (exact) mass is 316 g/mol. The van der Waals surface area contributed by atoms with Gasteiger partial charge in [0.1, 0.15) is 0 Å². The standard InChI is InChI=1S/C14H20N2O2S.ClH/c1-11-9-16(7-6-15-11)14(17)13-5-3-4-12(8-13)10-19(2)18;/h3-5,8,11,15H,6-7,9-10H2,1-2H3;1H. The molecule has 2 rings (SSSR count). The molecule has 0 bridgehead atoms. The van der Waals surface area contributed by atoms with E-state index < -0.39 is 10.8 Å². The van der Waals surface area contributed by atoms with Gasteiger partial charge in [-0.15, -0.1) is 12.4 Å². The lowest BCUT2D eigenvalue weighted by atomic mass is 10.1. The van der Waals surface area contributed by atoms with Crippen LogP contribution in [0.3, 0.4) is 0 Å². The zero-order valence-corrected chi connectivity index (χ0v) is 13.4. The summed E-state index contributed by atoms with van der Waals surface area (Å²) in [7, 11) is -0.883. The number of piperazine rings is 1. The SMILES string of the molecule is CC1CN(C(=O)c2cccc(CS(C)=O)c2)CCN1.Cl. The number of nitrogens with zero attached hydrogens (tertiary/aromatic N) is 1. The van der Waals surface area contributed by atoms with E-state index >= 15 is 0 Å².